The molecule has 5 heteroatoms. The predicted molar refractivity (Wildman–Crippen MR) is 70.4 cm³/mol. The minimum Gasteiger partial charge on any atom is -0.480 e. The predicted octanol–water partition coefficient (Wildman–Crippen LogP) is 3.15. The molecule has 1 N–H and O–H groups in total. The first-order valence-electron chi connectivity index (χ1n) is 5.48. The number of carbonyl (C=O) groups is 1. The van der Waals surface area contributed by atoms with Crippen LogP contribution in [0.15, 0.2) is 22.7 Å². The van der Waals surface area contributed by atoms with Crippen molar-refractivity contribution in [3.8, 4) is 5.75 Å². The Kier molecular flexibility index (Phi) is 3.94. The Morgan fingerprint density at radius 1 is 1.59 bits per heavy atom. The molecule has 17 heavy (non-hydrogen) atoms. The van der Waals surface area contributed by atoms with Crippen LogP contribution in [0.2, 0.25) is 5.02 Å². The van der Waals surface area contributed by atoms with E-state index in [2.05, 4.69) is 21.2 Å². The summed E-state index contributed by atoms with van der Waals surface area (Å²) < 4.78 is 6.32. The summed E-state index contributed by atoms with van der Waals surface area (Å²) in [4.78, 5) is 11.7. The Morgan fingerprint density at radius 3 is 2.88 bits per heavy atom. The summed E-state index contributed by atoms with van der Waals surface area (Å²) in [5.41, 5.74) is 0. The van der Waals surface area contributed by atoms with Gasteiger partial charge in [-0.05, 0) is 53.9 Å². The molecule has 0 unspecified atom stereocenters. The molecule has 1 aromatic carbocycles. The minimum atomic E-state index is -0.506. The molecule has 1 aliphatic carbocycles. The SMILES string of the molecule is C[C@H](Oc1ccc(Cl)cc1Br)C(=O)NC1CC1. The molecule has 1 atom stereocenters. The van der Waals surface area contributed by atoms with Crippen molar-refractivity contribution in [3.63, 3.8) is 0 Å². The zero-order valence-corrected chi connectivity index (χ0v) is 11.7. The highest BCUT2D eigenvalue weighted by atomic mass is 79.9. The Morgan fingerprint density at radius 2 is 2.29 bits per heavy atom. The van der Waals surface area contributed by atoms with Gasteiger partial charge in [-0.15, -0.1) is 0 Å². The van der Waals surface area contributed by atoms with Crippen molar-refractivity contribution in [1.82, 2.24) is 5.32 Å². The van der Waals surface area contributed by atoms with E-state index in [1.807, 2.05) is 0 Å². The average Bonchev–Trinajstić information content (AvgIpc) is 3.06. The Hall–Kier alpha value is -0.740. The summed E-state index contributed by atoms with van der Waals surface area (Å²) in [5.74, 6) is 0.544. The second-order valence-electron chi connectivity index (χ2n) is 4.12. The summed E-state index contributed by atoms with van der Waals surface area (Å²) in [6.07, 6.45) is 1.64. The summed E-state index contributed by atoms with van der Waals surface area (Å²) in [7, 11) is 0. The molecule has 92 valence electrons. The first kappa shape index (κ1) is 12.7. The lowest BCUT2D eigenvalue weighted by Crippen LogP contribution is -2.37. The molecule has 1 aliphatic rings. The molecule has 1 amide bonds. The largest absolute Gasteiger partial charge is 0.480 e. The van der Waals surface area contributed by atoms with E-state index < -0.39 is 6.10 Å². The molecule has 3 nitrogen and oxygen atoms in total. The lowest BCUT2D eigenvalue weighted by atomic mass is 10.3. The number of ether oxygens (including phenoxy) is 1. The third-order valence-electron chi connectivity index (χ3n) is 2.49. The molecule has 1 fully saturated rings. The van der Waals surface area contributed by atoms with E-state index in [1.54, 1.807) is 25.1 Å². The van der Waals surface area contributed by atoms with Crippen LogP contribution in [-0.2, 0) is 4.79 Å². The molecule has 1 aromatic rings. The van der Waals surface area contributed by atoms with Crippen LogP contribution in [0.3, 0.4) is 0 Å². The zero-order valence-electron chi connectivity index (χ0n) is 9.37. The van der Waals surface area contributed by atoms with E-state index in [1.165, 1.54) is 0 Å². The second-order valence-corrected chi connectivity index (χ2v) is 5.41. The standard InChI is InChI=1S/C12H13BrClNO2/c1-7(12(16)15-9-3-4-9)17-11-5-2-8(14)6-10(11)13/h2,5-7,9H,3-4H2,1H3,(H,15,16)/t7-/m0/s1. The van der Waals surface area contributed by atoms with E-state index in [0.717, 1.165) is 17.3 Å². The smallest absolute Gasteiger partial charge is 0.260 e. The fraction of sp³-hybridized carbons (Fsp3) is 0.417. The maximum atomic E-state index is 11.7. The second kappa shape index (κ2) is 5.27. The molecule has 0 bridgehead atoms. The first-order chi connectivity index (χ1) is 8.06. The van der Waals surface area contributed by atoms with Crippen LogP contribution in [0, 0.1) is 0 Å². The number of amides is 1. The molecule has 0 heterocycles. The van der Waals surface area contributed by atoms with Gasteiger partial charge in [0.2, 0.25) is 0 Å². The number of hydrogen-bond acceptors (Lipinski definition) is 2. The third kappa shape index (κ3) is 3.61. The van der Waals surface area contributed by atoms with Crippen LogP contribution in [0.5, 0.6) is 5.75 Å². The molecule has 0 saturated heterocycles. The first-order valence-corrected chi connectivity index (χ1v) is 6.65. The van der Waals surface area contributed by atoms with Gasteiger partial charge in [0.1, 0.15) is 5.75 Å². The fourth-order valence-corrected chi connectivity index (χ4v) is 2.14. The van der Waals surface area contributed by atoms with Crippen LogP contribution in [0.4, 0.5) is 0 Å². The van der Waals surface area contributed by atoms with Crippen LogP contribution in [-0.4, -0.2) is 18.1 Å². The summed E-state index contributed by atoms with van der Waals surface area (Å²) >= 11 is 9.18. The maximum absolute atomic E-state index is 11.7. The lowest BCUT2D eigenvalue weighted by molar-refractivity contribution is -0.127. The van der Waals surface area contributed by atoms with E-state index in [0.29, 0.717) is 16.8 Å². The number of carbonyl (C=O) groups excluding carboxylic acids is 1. The quantitative estimate of drug-likeness (QED) is 0.926. The van der Waals surface area contributed by atoms with Crippen molar-refractivity contribution in [1.29, 1.82) is 0 Å². The van der Waals surface area contributed by atoms with Gasteiger partial charge in [-0.2, -0.15) is 0 Å². The van der Waals surface area contributed by atoms with Crippen molar-refractivity contribution in [3.05, 3.63) is 27.7 Å². The van der Waals surface area contributed by atoms with Gasteiger partial charge < -0.3 is 10.1 Å². The van der Waals surface area contributed by atoms with Gasteiger partial charge in [-0.25, -0.2) is 0 Å². The maximum Gasteiger partial charge on any atom is 0.260 e. The Bertz CT molecular complexity index is 435. The van der Waals surface area contributed by atoms with Gasteiger partial charge in [-0.1, -0.05) is 11.6 Å². The van der Waals surface area contributed by atoms with Crippen molar-refractivity contribution >= 4 is 33.4 Å². The molecule has 0 radical (unpaired) electrons. The van der Waals surface area contributed by atoms with Crippen LogP contribution in [0.1, 0.15) is 19.8 Å². The van der Waals surface area contributed by atoms with Gasteiger partial charge in [0.15, 0.2) is 6.10 Å². The van der Waals surface area contributed by atoms with E-state index in [-0.39, 0.29) is 5.91 Å². The van der Waals surface area contributed by atoms with Crippen molar-refractivity contribution in [2.24, 2.45) is 0 Å². The van der Waals surface area contributed by atoms with Gasteiger partial charge >= 0.3 is 0 Å². The number of hydrogen-bond donors (Lipinski definition) is 1. The van der Waals surface area contributed by atoms with Crippen LogP contribution >= 0.6 is 27.5 Å². The van der Waals surface area contributed by atoms with Gasteiger partial charge in [0, 0.05) is 11.1 Å². The molecule has 1 saturated carbocycles. The lowest BCUT2D eigenvalue weighted by Gasteiger charge is -2.15. The summed E-state index contributed by atoms with van der Waals surface area (Å²) in [5, 5.41) is 3.52. The monoisotopic (exact) mass is 317 g/mol. The fourth-order valence-electron chi connectivity index (χ4n) is 1.36. The zero-order chi connectivity index (χ0) is 12.4. The summed E-state index contributed by atoms with van der Waals surface area (Å²) in [6.45, 7) is 1.73. The Labute approximate surface area is 114 Å². The van der Waals surface area contributed by atoms with Gasteiger partial charge in [0.25, 0.3) is 5.91 Å². The Balaban J connectivity index is 1.96. The highest BCUT2D eigenvalue weighted by Gasteiger charge is 2.26. The van der Waals surface area contributed by atoms with E-state index >= 15 is 0 Å². The highest BCUT2D eigenvalue weighted by molar-refractivity contribution is 9.10. The third-order valence-corrected chi connectivity index (χ3v) is 3.35. The molecule has 0 spiro atoms. The van der Waals surface area contributed by atoms with Crippen molar-refractivity contribution < 1.29 is 9.53 Å². The normalized spacial score (nSPS) is 16.4. The number of halogens is 2. The van der Waals surface area contributed by atoms with E-state index in [9.17, 15) is 4.79 Å². The van der Waals surface area contributed by atoms with Gasteiger partial charge in [-0.3, -0.25) is 4.79 Å². The van der Waals surface area contributed by atoms with Crippen LogP contribution in [0.25, 0.3) is 0 Å². The summed E-state index contributed by atoms with van der Waals surface area (Å²) in [6, 6.07) is 5.56. The molecular formula is C12H13BrClNO2. The highest BCUT2D eigenvalue weighted by Crippen LogP contribution is 2.29. The number of nitrogens with one attached hydrogen (secondary N) is 1. The molecular weight excluding hydrogens is 305 g/mol. The van der Waals surface area contributed by atoms with E-state index in [4.69, 9.17) is 16.3 Å². The number of rotatable bonds is 4. The van der Waals surface area contributed by atoms with Gasteiger partial charge in [0.05, 0.1) is 4.47 Å². The minimum absolute atomic E-state index is 0.0747. The number of benzene rings is 1. The molecule has 2 rings (SSSR count). The average molecular weight is 319 g/mol. The van der Waals surface area contributed by atoms with Crippen molar-refractivity contribution in [2.75, 3.05) is 0 Å². The van der Waals surface area contributed by atoms with Crippen molar-refractivity contribution in [2.45, 2.75) is 31.9 Å². The molecule has 0 aromatic heterocycles. The van der Waals surface area contributed by atoms with Crippen LogP contribution < -0.4 is 10.1 Å². The topological polar surface area (TPSA) is 38.3 Å². The molecule has 0 aliphatic heterocycles.